The Morgan fingerprint density at radius 2 is 1.89 bits per heavy atom. The molecule has 0 N–H and O–H groups in total. The van der Waals surface area contributed by atoms with Gasteiger partial charge in [0.2, 0.25) is 0 Å². The van der Waals surface area contributed by atoms with Crippen LogP contribution in [0.4, 0.5) is 0 Å². The van der Waals surface area contributed by atoms with Crippen molar-refractivity contribution in [3.8, 4) is 5.75 Å². The van der Waals surface area contributed by atoms with Crippen molar-refractivity contribution in [1.82, 2.24) is 4.90 Å². The van der Waals surface area contributed by atoms with Gasteiger partial charge in [0.25, 0.3) is 0 Å². The fraction of sp³-hybridized carbons (Fsp3) is 0.600. The summed E-state index contributed by atoms with van der Waals surface area (Å²) in [5.41, 5.74) is 1.31. The number of ether oxygens (including phenoxy) is 1. The zero-order chi connectivity index (χ0) is 13.0. The van der Waals surface area contributed by atoms with Gasteiger partial charge in [-0.15, -0.1) is 11.6 Å². The van der Waals surface area contributed by atoms with Gasteiger partial charge in [-0.05, 0) is 37.6 Å². The molecule has 0 bridgehead atoms. The summed E-state index contributed by atoms with van der Waals surface area (Å²) in [6, 6.07) is 8.80. The molecule has 0 amide bonds. The van der Waals surface area contributed by atoms with Gasteiger partial charge in [-0.1, -0.05) is 25.0 Å². The zero-order valence-corrected chi connectivity index (χ0v) is 12.0. The van der Waals surface area contributed by atoms with E-state index in [2.05, 4.69) is 24.1 Å². The molecule has 3 heteroatoms. The molecule has 0 heterocycles. The molecule has 100 valence electrons. The second-order valence-corrected chi connectivity index (χ2v) is 5.69. The zero-order valence-electron chi connectivity index (χ0n) is 11.2. The maximum Gasteiger partial charge on any atom is 0.118 e. The van der Waals surface area contributed by atoms with Crippen molar-refractivity contribution in [2.75, 3.05) is 14.2 Å². The van der Waals surface area contributed by atoms with E-state index >= 15 is 0 Å². The highest BCUT2D eigenvalue weighted by Gasteiger charge is 2.26. The Hall–Kier alpha value is -0.730. The van der Waals surface area contributed by atoms with Gasteiger partial charge < -0.3 is 4.74 Å². The second kappa shape index (κ2) is 6.44. The summed E-state index contributed by atoms with van der Waals surface area (Å²) in [6.45, 7) is 0.956. The van der Waals surface area contributed by atoms with Crippen LogP contribution in [0.5, 0.6) is 5.75 Å². The number of nitrogens with zero attached hydrogens (tertiary/aromatic N) is 1. The molecule has 2 nitrogen and oxygen atoms in total. The predicted octanol–water partition coefficient (Wildman–Crippen LogP) is 3.68. The average molecular weight is 268 g/mol. The van der Waals surface area contributed by atoms with Crippen LogP contribution in [0.3, 0.4) is 0 Å². The molecule has 18 heavy (non-hydrogen) atoms. The minimum Gasteiger partial charge on any atom is -0.497 e. The largest absolute Gasteiger partial charge is 0.497 e. The molecule has 0 aromatic heterocycles. The molecule has 1 aromatic rings. The maximum atomic E-state index is 6.43. The van der Waals surface area contributed by atoms with Crippen molar-refractivity contribution in [3.63, 3.8) is 0 Å². The van der Waals surface area contributed by atoms with Gasteiger partial charge in [-0.2, -0.15) is 0 Å². The van der Waals surface area contributed by atoms with Crippen LogP contribution in [0.25, 0.3) is 0 Å². The molecule has 0 radical (unpaired) electrons. The second-order valence-electron chi connectivity index (χ2n) is 5.13. The van der Waals surface area contributed by atoms with Crippen molar-refractivity contribution in [2.45, 2.75) is 43.6 Å². The highest BCUT2D eigenvalue weighted by Crippen LogP contribution is 2.27. The van der Waals surface area contributed by atoms with Gasteiger partial charge in [0.1, 0.15) is 5.75 Å². The standard InChI is InChI=1S/C15H22ClNO/c1-17(15-6-4-3-5-14(15)16)11-12-7-9-13(18-2)10-8-12/h7-10,14-15H,3-6,11H2,1-2H3. The number of hydrogen-bond donors (Lipinski definition) is 0. The average Bonchev–Trinajstić information content (AvgIpc) is 2.40. The molecule has 0 saturated heterocycles. The number of benzene rings is 1. The normalized spacial score (nSPS) is 24.2. The van der Waals surface area contributed by atoms with Gasteiger partial charge in [0, 0.05) is 18.0 Å². The maximum absolute atomic E-state index is 6.43. The Morgan fingerprint density at radius 3 is 2.50 bits per heavy atom. The lowest BCUT2D eigenvalue weighted by atomic mass is 9.93. The third-order valence-corrected chi connectivity index (χ3v) is 4.31. The fourth-order valence-electron chi connectivity index (χ4n) is 2.70. The van der Waals surface area contributed by atoms with E-state index < -0.39 is 0 Å². The van der Waals surface area contributed by atoms with Crippen LogP contribution in [0.2, 0.25) is 0 Å². The van der Waals surface area contributed by atoms with Crippen molar-refractivity contribution in [3.05, 3.63) is 29.8 Å². The monoisotopic (exact) mass is 267 g/mol. The van der Waals surface area contributed by atoms with E-state index in [4.69, 9.17) is 16.3 Å². The smallest absolute Gasteiger partial charge is 0.118 e. The van der Waals surface area contributed by atoms with Gasteiger partial charge in [0.15, 0.2) is 0 Å². The predicted molar refractivity (Wildman–Crippen MR) is 76.4 cm³/mol. The summed E-state index contributed by atoms with van der Waals surface area (Å²) in [7, 11) is 3.87. The summed E-state index contributed by atoms with van der Waals surface area (Å²) >= 11 is 6.43. The summed E-state index contributed by atoms with van der Waals surface area (Å²) in [5.74, 6) is 0.911. The quantitative estimate of drug-likeness (QED) is 0.772. The lowest BCUT2D eigenvalue weighted by Crippen LogP contribution is -2.40. The summed E-state index contributed by atoms with van der Waals surface area (Å²) in [6.07, 6.45) is 4.96. The van der Waals surface area contributed by atoms with Crippen LogP contribution in [0, 0.1) is 0 Å². The first-order valence-electron chi connectivity index (χ1n) is 6.68. The Kier molecular flexibility index (Phi) is 4.90. The molecule has 1 aliphatic carbocycles. The number of rotatable bonds is 4. The molecule has 0 aliphatic heterocycles. The van der Waals surface area contributed by atoms with Crippen LogP contribution in [0.1, 0.15) is 31.2 Å². The number of methoxy groups -OCH3 is 1. The van der Waals surface area contributed by atoms with E-state index in [-0.39, 0.29) is 0 Å². The molecule has 0 spiro atoms. The number of hydrogen-bond acceptors (Lipinski definition) is 2. The lowest BCUT2D eigenvalue weighted by Gasteiger charge is -2.35. The minimum atomic E-state index is 0.307. The van der Waals surface area contributed by atoms with Gasteiger partial charge in [0.05, 0.1) is 7.11 Å². The first kappa shape index (κ1) is 13.7. The molecule has 1 aromatic carbocycles. The molecule has 1 saturated carbocycles. The van der Waals surface area contributed by atoms with Crippen molar-refractivity contribution >= 4 is 11.6 Å². The van der Waals surface area contributed by atoms with Gasteiger partial charge >= 0.3 is 0 Å². The van der Waals surface area contributed by atoms with Gasteiger partial charge in [-0.25, -0.2) is 0 Å². The van der Waals surface area contributed by atoms with E-state index in [9.17, 15) is 0 Å². The first-order valence-corrected chi connectivity index (χ1v) is 7.11. The first-order chi connectivity index (χ1) is 8.70. The Balaban J connectivity index is 1.94. The van der Waals surface area contributed by atoms with E-state index in [1.165, 1.54) is 24.8 Å². The molecule has 2 rings (SSSR count). The number of halogens is 1. The van der Waals surface area contributed by atoms with E-state index in [0.717, 1.165) is 18.7 Å². The lowest BCUT2D eigenvalue weighted by molar-refractivity contribution is 0.188. The molecule has 2 atom stereocenters. The van der Waals surface area contributed by atoms with E-state index in [1.807, 2.05) is 12.1 Å². The van der Waals surface area contributed by atoms with E-state index in [0.29, 0.717) is 11.4 Å². The van der Waals surface area contributed by atoms with Gasteiger partial charge in [-0.3, -0.25) is 4.90 Å². The molecular formula is C15H22ClNO. The Labute approximate surface area is 115 Å². The van der Waals surface area contributed by atoms with Crippen LogP contribution >= 0.6 is 11.6 Å². The van der Waals surface area contributed by atoms with E-state index in [1.54, 1.807) is 7.11 Å². The van der Waals surface area contributed by atoms with Crippen LogP contribution in [-0.2, 0) is 6.54 Å². The summed E-state index contributed by atoms with van der Waals surface area (Å²) in [5, 5.41) is 0.307. The van der Waals surface area contributed by atoms with Crippen molar-refractivity contribution in [2.24, 2.45) is 0 Å². The molecular weight excluding hydrogens is 246 g/mol. The van der Waals surface area contributed by atoms with Crippen LogP contribution < -0.4 is 4.74 Å². The molecule has 1 fully saturated rings. The highest BCUT2D eigenvalue weighted by atomic mass is 35.5. The third kappa shape index (κ3) is 3.39. The fourth-order valence-corrected chi connectivity index (χ4v) is 3.17. The topological polar surface area (TPSA) is 12.5 Å². The summed E-state index contributed by atoms with van der Waals surface area (Å²) in [4.78, 5) is 2.39. The minimum absolute atomic E-state index is 0.307. The van der Waals surface area contributed by atoms with Crippen LogP contribution in [-0.4, -0.2) is 30.5 Å². The Bertz CT molecular complexity index is 365. The van der Waals surface area contributed by atoms with Crippen LogP contribution in [0.15, 0.2) is 24.3 Å². The molecule has 2 unspecified atom stereocenters. The van der Waals surface area contributed by atoms with Crippen molar-refractivity contribution in [1.29, 1.82) is 0 Å². The highest BCUT2D eigenvalue weighted by molar-refractivity contribution is 6.21. The summed E-state index contributed by atoms with van der Waals surface area (Å²) < 4.78 is 5.17. The Morgan fingerprint density at radius 1 is 1.22 bits per heavy atom. The SMILES string of the molecule is COc1ccc(CN(C)C2CCCCC2Cl)cc1. The molecule has 1 aliphatic rings. The third-order valence-electron chi connectivity index (χ3n) is 3.80. The number of alkyl halides is 1. The van der Waals surface area contributed by atoms with Crippen molar-refractivity contribution < 1.29 is 4.74 Å².